The number of benzene rings is 1. The topological polar surface area (TPSA) is 75.2 Å². The minimum atomic E-state index is 0.142. The molecule has 0 saturated carbocycles. The van der Waals surface area contributed by atoms with E-state index < -0.39 is 0 Å². The molecular formula is C24H40N4O3. The number of nitrogens with zero attached hydrogens (tertiary/aromatic N) is 2. The van der Waals surface area contributed by atoms with Crippen LogP contribution >= 0.6 is 0 Å². The molecule has 1 aromatic carbocycles. The highest BCUT2D eigenvalue weighted by molar-refractivity contribution is 5.94. The molecule has 1 heterocycles. The fourth-order valence-electron chi connectivity index (χ4n) is 3.25. The lowest BCUT2D eigenvalue weighted by Crippen LogP contribution is -2.35. The first-order valence-electron chi connectivity index (χ1n) is 11.6. The van der Waals surface area contributed by atoms with Gasteiger partial charge in [-0.15, -0.1) is 0 Å². The Morgan fingerprint density at radius 1 is 1.13 bits per heavy atom. The Hall–Kier alpha value is -2.28. The number of guanidine groups is 1. The lowest BCUT2D eigenvalue weighted by Gasteiger charge is -2.17. The molecule has 1 aliphatic heterocycles. The third kappa shape index (κ3) is 10.5. The van der Waals surface area contributed by atoms with Gasteiger partial charge in [0.05, 0.1) is 6.10 Å². The molecule has 0 atom stereocenters. The van der Waals surface area contributed by atoms with Crippen molar-refractivity contribution in [2.24, 2.45) is 10.9 Å². The van der Waals surface area contributed by atoms with E-state index in [1.807, 2.05) is 43.0 Å². The van der Waals surface area contributed by atoms with Crippen LogP contribution in [-0.2, 0) is 9.53 Å². The van der Waals surface area contributed by atoms with Crippen molar-refractivity contribution in [1.29, 1.82) is 0 Å². The molecule has 7 heteroatoms. The molecular weight excluding hydrogens is 392 g/mol. The molecule has 0 spiro atoms. The first kappa shape index (κ1) is 25.0. The Kier molecular flexibility index (Phi) is 11.2. The summed E-state index contributed by atoms with van der Waals surface area (Å²) in [5.41, 5.74) is 0.921. The van der Waals surface area contributed by atoms with Crippen LogP contribution in [0.25, 0.3) is 0 Å². The van der Waals surface area contributed by atoms with Crippen LogP contribution in [0.2, 0.25) is 0 Å². The maximum atomic E-state index is 12.3. The van der Waals surface area contributed by atoms with Crippen molar-refractivity contribution in [2.45, 2.75) is 59.5 Å². The van der Waals surface area contributed by atoms with Gasteiger partial charge in [0.1, 0.15) is 5.75 Å². The number of carbonyl (C=O) groups excluding carboxylic acids is 1. The summed E-state index contributed by atoms with van der Waals surface area (Å²) < 4.78 is 11.3. The number of anilines is 1. The predicted octanol–water partition coefficient (Wildman–Crippen LogP) is 3.91. The molecule has 174 valence electrons. The van der Waals surface area contributed by atoms with Gasteiger partial charge in [-0.05, 0) is 63.3 Å². The SMILES string of the molecule is CC(C)COCCCN=C(NCCC(=O)N1CCCC1)Nc1ccc(OC(C)C)cc1. The number of amides is 1. The number of rotatable bonds is 12. The zero-order chi connectivity index (χ0) is 22.5. The molecule has 1 saturated heterocycles. The Bertz CT molecular complexity index is 668. The van der Waals surface area contributed by atoms with Crippen molar-refractivity contribution in [3.8, 4) is 5.75 Å². The summed E-state index contributed by atoms with van der Waals surface area (Å²) in [7, 11) is 0. The third-order valence-electron chi connectivity index (χ3n) is 4.75. The van der Waals surface area contributed by atoms with Gasteiger partial charge < -0.3 is 25.0 Å². The van der Waals surface area contributed by atoms with Crippen molar-refractivity contribution >= 4 is 17.6 Å². The Morgan fingerprint density at radius 3 is 2.48 bits per heavy atom. The minimum Gasteiger partial charge on any atom is -0.491 e. The number of hydrogen-bond donors (Lipinski definition) is 2. The third-order valence-corrected chi connectivity index (χ3v) is 4.75. The monoisotopic (exact) mass is 432 g/mol. The van der Waals surface area contributed by atoms with Gasteiger partial charge >= 0.3 is 0 Å². The van der Waals surface area contributed by atoms with Gasteiger partial charge in [-0.3, -0.25) is 9.79 Å². The van der Waals surface area contributed by atoms with E-state index in [9.17, 15) is 4.79 Å². The maximum Gasteiger partial charge on any atom is 0.224 e. The van der Waals surface area contributed by atoms with Crippen LogP contribution in [0.5, 0.6) is 5.75 Å². The second-order valence-electron chi connectivity index (χ2n) is 8.63. The minimum absolute atomic E-state index is 0.142. The first-order chi connectivity index (χ1) is 14.9. The van der Waals surface area contributed by atoms with Crippen LogP contribution in [0, 0.1) is 5.92 Å². The molecule has 0 unspecified atom stereocenters. The molecule has 0 radical (unpaired) electrons. The molecule has 0 aromatic heterocycles. The molecule has 0 aliphatic carbocycles. The van der Waals surface area contributed by atoms with Crippen molar-refractivity contribution in [2.75, 3.05) is 44.7 Å². The summed E-state index contributed by atoms with van der Waals surface area (Å²) in [6.45, 7) is 12.8. The van der Waals surface area contributed by atoms with Crippen LogP contribution < -0.4 is 15.4 Å². The number of carbonyl (C=O) groups is 1. The van der Waals surface area contributed by atoms with Gasteiger partial charge in [0.15, 0.2) is 5.96 Å². The van der Waals surface area contributed by atoms with Crippen molar-refractivity contribution in [3.05, 3.63) is 24.3 Å². The fraction of sp³-hybridized carbons (Fsp3) is 0.667. The van der Waals surface area contributed by atoms with Crippen LogP contribution in [0.4, 0.5) is 5.69 Å². The largest absolute Gasteiger partial charge is 0.491 e. The van der Waals surface area contributed by atoms with Gasteiger partial charge in [-0.25, -0.2) is 0 Å². The number of likely N-dealkylation sites (tertiary alicyclic amines) is 1. The summed E-state index contributed by atoms with van der Waals surface area (Å²) in [5.74, 6) is 2.26. The Morgan fingerprint density at radius 2 is 1.84 bits per heavy atom. The number of ether oxygens (including phenoxy) is 2. The van der Waals surface area contributed by atoms with E-state index in [0.717, 1.165) is 50.4 Å². The zero-order valence-electron chi connectivity index (χ0n) is 19.7. The molecule has 31 heavy (non-hydrogen) atoms. The quantitative estimate of drug-likeness (QED) is 0.298. The molecule has 2 rings (SSSR count). The van der Waals surface area contributed by atoms with Crippen LogP contribution in [-0.4, -0.2) is 62.3 Å². The van der Waals surface area contributed by atoms with Gasteiger partial charge in [0.2, 0.25) is 5.91 Å². The van der Waals surface area contributed by atoms with E-state index in [1.165, 1.54) is 0 Å². The van der Waals surface area contributed by atoms with E-state index >= 15 is 0 Å². The van der Waals surface area contributed by atoms with Gasteiger partial charge in [0.25, 0.3) is 0 Å². The van der Waals surface area contributed by atoms with Crippen LogP contribution in [0.15, 0.2) is 29.3 Å². The Labute approximate surface area is 187 Å². The second-order valence-corrected chi connectivity index (χ2v) is 8.63. The highest BCUT2D eigenvalue weighted by Crippen LogP contribution is 2.17. The summed E-state index contributed by atoms with van der Waals surface area (Å²) in [4.78, 5) is 18.9. The zero-order valence-corrected chi connectivity index (χ0v) is 19.7. The summed E-state index contributed by atoms with van der Waals surface area (Å²) in [5, 5.41) is 6.63. The van der Waals surface area contributed by atoms with E-state index in [4.69, 9.17) is 9.47 Å². The predicted molar refractivity (Wildman–Crippen MR) is 127 cm³/mol. The Balaban J connectivity index is 1.86. The molecule has 1 aliphatic rings. The fourth-order valence-corrected chi connectivity index (χ4v) is 3.25. The van der Waals surface area contributed by atoms with Crippen molar-refractivity contribution in [3.63, 3.8) is 0 Å². The smallest absolute Gasteiger partial charge is 0.224 e. The number of nitrogens with one attached hydrogen (secondary N) is 2. The summed E-state index contributed by atoms with van der Waals surface area (Å²) in [6, 6.07) is 7.82. The van der Waals surface area contributed by atoms with Crippen LogP contribution in [0.3, 0.4) is 0 Å². The summed E-state index contributed by atoms with van der Waals surface area (Å²) in [6.07, 6.45) is 3.70. The van der Waals surface area contributed by atoms with E-state index in [0.29, 0.717) is 38.0 Å². The van der Waals surface area contributed by atoms with Crippen molar-refractivity contribution in [1.82, 2.24) is 10.2 Å². The normalized spacial score (nSPS) is 14.4. The molecule has 1 aromatic rings. The molecule has 1 amide bonds. The molecule has 2 N–H and O–H groups in total. The van der Waals surface area contributed by atoms with E-state index in [-0.39, 0.29) is 12.0 Å². The van der Waals surface area contributed by atoms with Gasteiger partial charge in [0, 0.05) is 51.5 Å². The average molecular weight is 433 g/mol. The lowest BCUT2D eigenvalue weighted by molar-refractivity contribution is -0.129. The average Bonchev–Trinajstić information content (AvgIpc) is 3.26. The maximum absolute atomic E-state index is 12.3. The number of aliphatic imine (C=N–C) groups is 1. The number of hydrogen-bond acceptors (Lipinski definition) is 4. The van der Waals surface area contributed by atoms with Crippen molar-refractivity contribution < 1.29 is 14.3 Å². The molecule has 1 fully saturated rings. The standard InChI is InChI=1S/C24H40N4O3/c1-19(2)18-30-17-7-13-25-24(26-14-12-23(29)28-15-5-6-16-28)27-21-8-10-22(11-9-21)31-20(3)4/h8-11,19-20H,5-7,12-18H2,1-4H3,(H2,25,26,27). The van der Waals surface area contributed by atoms with Gasteiger partial charge in [-0.1, -0.05) is 13.8 Å². The highest BCUT2D eigenvalue weighted by Gasteiger charge is 2.17. The summed E-state index contributed by atoms with van der Waals surface area (Å²) >= 11 is 0. The molecule has 0 bridgehead atoms. The highest BCUT2D eigenvalue weighted by atomic mass is 16.5. The second kappa shape index (κ2) is 13.9. The molecule has 7 nitrogen and oxygen atoms in total. The first-order valence-corrected chi connectivity index (χ1v) is 11.6. The lowest BCUT2D eigenvalue weighted by atomic mass is 10.2. The van der Waals surface area contributed by atoms with Gasteiger partial charge in [-0.2, -0.15) is 0 Å². The van der Waals surface area contributed by atoms with E-state index in [1.54, 1.807) is 0 Å². The van der Waals surface area contributed by atoms with E-state index in [2.05, 4.69) is 29.5 Å². The van der Waals surface area contributed by atoms with Crippen LogP contribution in [0.1, 0.15) is 53.4 Å².